The first kappa shape index (κ1) is 26.6. The van der Waals surface area contributed by atoms with E-state index in [0.717, 1.165) is 5.56 Å². The second kappa shape index (κ2) is 13.1. The minimum Gasteiger partial charge on any atom is -0.481 e. The van der Waals surface area contributed by atoms with Crippen LogP contribution in [0.4, 0.5) is 0 Å². The summed E-state index contributed by atoms with van der Waals surface area (Å²) in [6.45, 7) is 2.85. The maximum Gasteiger partial charge on any atom is 0.326 e. The lowest BCUT2D eigenvalue weighted by atomic mass is 9.99. The van der Waals surface area contributed by atoms with Crippen molar-refractivity contribution in [2.24, 2.45) is 11.7 Å². The van der Waals surface area contributed by atoms with Crippen LogP contribution in [0.15, 0.2) is 30.3 Å². The van der Waals surface area contributed by atoms with E-state index in [2.05, 4.69) is 16.0 Å². The number of carboxylic acids is 2. The molecule has 0 saturated heterocycles. The molecule has 4 atom stereocenters. The highest BCUT2D eigenvalue weighted by Crippen LogP contribution is 2.07. The van der Waals surface area contributed by atoms with E-state index in [0.29, 0.717) is 6.42 Å². The first-order valence-electron chi connectivity index (χ1n) is 10.2. The number of carboxylic acid groups (broad SMARTS) is 2. The fraction of sp³-hybridized carbons (Fsp3) is 0.476. The number of carbonyl (C=O) groups excluding carboxylic acids is 3. The minimum atomic E-state index is -1.46. The second-order valence-electron chi connectivity index (χ2n) is 7.44. The molecule has 3 amide bonds. The van der Waals surface area contributed by atoms with E-state index in [-0.39, 0.29) is 12.3 Å². The summed E-state index contributed by atoms with van der Waals surface area (Å²) >= 11 is 0. The summed E-state index contributed by atoms with van der Waals surface area (Å²) < 4.78 is 0. The van der Waals surface area contributed by atoms with Crippen LogP contribution in [0.5, 0.6) is 0 Å². The Morgan fingerprint density at radius 1 is 1.00 bits per heavy atom. The number of nitrogens with one attached hydrogen (secondary N) is 3. The fourth-order valence-corrected chi connectivity index (χ4v) is 2.82. The molecular weight excluding hydrogens is 420 g/mol. The lowest BCUT2D eigenvalue weighted by Crippen LogP contribution is -2.54. The molecule has 11 heteroatoms. The van der Waals surface area contributed by atoms with Gasteiger partial charge in [0.05, 0.1) is 19.0 Å². The van der Waals surface area contributed by atoms with Gasteiger partial charge >= 0.3 is 11.9 Å². The average Bonchev–Trinajstić information content (AvgIpc) is 2.74. The number of aliphatic carboxylic acids is 2. The first-order valence-corrected chi connectivity index (χ1v) is 10.2. The van der Waals surface area contributed by atoms with Gasteiger partial charge in [-0.25, -0.2) is 4.79 Å². The van der Waals surface area contributed by atoms with Crippen LogP contribution in [0.25, 0.3) is 0 Å². The summed E-state index contributed by atoms with van der Waals surface area (Å²) in [7, 11) is 0. The van der Waals surface area contributed by atoms with Gasteiger partial charge in [-0.1, -0.05) is 50.6 Å². The Morgan fingerprint density at radius 2 is 1.62 bits per heavy atom. The number of rotatable bonds is 13. The van der Waals surface area contributed by atoms with Gasteiger partial charge in [0.2, 0.25) is 17.7 Å². The highest BCUT2D eigenvalue weighted by Gasteiger charge is 2.28. The largest absolute Gasteiger partial charge is 0.481 e. The van der Waals surface area contributed by atoms with Crippen LogP contribution in [0.3, 0.4) is 0 Å². The van der Waals surface area contributed by atoms with Gasteiger partial charge in [0.1, 0.15) is 12.1 Å². The zero-order valence-electron chi connectivity index (χ0n) is 18.0. The molecule has 176 valence electrons. The smallest absolute Gasteiger partial charge is 0.326 e. The number of hydrogen-bond acceptors (Lipinski definition) is 6. The zero-order valence-corrected chi connectivity index (χ0v) is 18.0. The lowest BCUT2D eigenvalue weighted by Gasteiger charge is -2.21. The summed E-state index contributed by atoms with van der Waals surface area (Å²) in [6.07, 6.45) is -0.0237. The third kappa shape index (κ3) is 9.13. The molecule has 7 N–H and O–H groups in total. The molecule has 0 aliphatic carbocycles. The molecule has 0 spiro atoms. The molecule has 0 radical (unpaired) electrons. The molecule has 11 nitrogen and oxygen atoms in total. The Hall–Kier alpha value is -3.47. The van der Waals surface area contributed by atoms with Crippen molar-refractivity contribution in [3.63, 3.8) is 0 Å². The van der Waals surface area contributed by atoms with Crippen LogP contribution >= 0.6 is 0 Å². The predicted octanol–water partition coefficient (Wildman–Crippen LogP) is -0.752. The summed E-state index contributed by atoms with van der Waals surface area (Å²) in [4.78, 5) is 59.2. The molecule has 0 aromatic heterocycles. The van der Waals surface area contributed by atoms with Crippen LogP contribution in [0, 0.1) is 5.92 Å². The van der Waals surface area contributed by atoms with Gasteiger partial charge in [-0.2, -0.15) is 0 Å². The van der Waals surface area contributed by atoms with E-state index >= 15 is 0 Å². The van der Waals surface area contributed by atoms with Gasteiger partial charge in [-0.3, -0.25) is 19.2 Å². The van der Waals surface area contributed by atoms with Crippen LogP contribution < -0.4 is 21.7 Å². The van der Waals surface area contributed by atoms with E-state index in [1.807, 2.05) is 0 Å². The van der Waals surface area contributed by atoms with Crippen molar-refractivity contribution in [3.05, 3.63) is 35.9 Å². The van der Waals surface area contributed by atoms with Crippen LogP contribution in [-0.2, 0) is 30.4 Å². The molecule has 0 fully saturated rings. The van der Waals surface area contributed by atoms with E-state index in [1.54, 1.807) is 44.2 Å². The molecule has 0 bridgehead atoms. The van der Waals surface area contributed by atoms with Gasteiger partial charge in [-0.05, 0) is 17.9 Å². The summed E-state index contributed by atoms with van der Waals surface area (Å²) in [5, 5.41) is 25.1. The van der Waals surface area contributed by atoms with Gasteiger partial charge in [-0.15, -0.1) is 0 Å². The summed E-state index contributed by atoms with van der Waals surface area (Å²) in [5.74, 6) is -5.26. The van der Waals surface area contributed by atoms with E-state index in [4.69, 9.17) is 10.8 Å². The Labute approximate surface area is 185 Å². The molecule has 1 rings (SSSR count). The van der Waals surface area contributed by atoms with E-state index in [1.165, 1.54) is 0 Å². The summed E-state index contributed by atoms with van der Waals surface area (Å²) in [5.41, 5.74) is 6.66. The molecular formula is C21H30N4O7. The third-order valence-corrected chi connectivity index (χ3v) is 4.87. The standard InChI is InChI=1S/C21H30N4O7/c1-3-12(2)18(21(31)32)25-16(26)11-23-20(30)15(10-17(27)28)24-19(29)14(22)9-13-7-5-4-6-8-13/h4-8,12,14-15,18H,3,9-11,22H2,1-2H3,(H,23,30)(H,24,29)(H,25,26)(H,27,28)(H,31,32). The molecule has 0 saturated carbocycles. The van der Waals surface area contributed by atoms with Crippen molar-refractivity contribution >= 4 is 29.7 Å². The normalized spacial score (nSPS) is 14.3. The second-order valence-corrected chi connectivity index (χ2v) is 7.44. The Kier molecular flexibility index (Phi) is 10.8. The Morgan fingerprint density at radius 3 is 2.16 bits per heavy atom. The molecule has 1 aromatic carbocycles. The molecule has 4 unspecified atom stereocenters. The monoisotopic (exact) mass is 450 g/mol. The number of nitrogens with two attached hydrogens (primary N) is 1. The minimum absolute atomic E-state index is 0.183. The van der Waals surface area contributed by atoms with E-state index < -0.39 is 60.8 Å². The predicted molar refractivity (Wildman–Crippen MR) is 114 cm³/mol. The highest BCUT2D eigenvalue weighted by molar-refractivity contribution is 5.94. The first-order chi connectivity index (χ1) is 15.0. The maximum absolute atomic E-state index is 12.4. The number of amides is 3. The van der Waals surface area contributed by atoms with Crippen molar-refractivity contribution in [2.75, 3.05) is 6.54 Å². The van der Waals surface area contributed by atoms with Crippen molar-refractivity contribution in [1.82, 2.24) is 16.0 Å². The molecule has 32 heavy (non-hydrogen) atoms. The number of carbonyl (C=O) groups is 5. The van der Waals surface area contributed by atoms with Gasteiger partial charge in [0, 0.05) is 0 Å². The molecule has 1 aromatic rings. The number of benzene rings is 1. The van der Waals surface area contributed by atoms with Crippen molar-refractivity contribution in [1.29, 1.82) is 0 Å². The lowest BCUT2D eigenvalue weighted by molar-refractivity contribution is -0.143. The fourth-order valence-electron chi connectivity index (χ4n) is 2.82. The maximum atomic E-state index is 12.4. The highest BCUT2D eigenvalue weighted by atomic mass is 16.4. The van der Waals surface area contributed by atoms with Gasteiger partial charge in [0.15, 0.2) is 0 Å². The van der Waals surface area contributed by atoms with E-state index in [9.17, 15) is 29.1 Å². The van der Waals surface area contributed by atoms with Gasteiger partial charge in [0.25, 0.3) is 0 Å². The van der Waals surface area contributed by atoms with Crippen molar-refractivity contribution in [2.45, 2.75) is 51.2 Å². The Bertz CT molecular complexity index is 816. The zero-order chi connectivity index (χ0) is 24.3. The van der Waals surface area contributed by atoms with Crippen molar-refractivity contribution in [3.8, 4) is 0 Å². The molecule has 0 heterocycles. The third-order valence-electron chi connectivity index (χ3n) is 4.87. The molecule has 0 aliphatic rings. The quantitative estimate of drug-likeness (QED) is 0.226. The van der Waals surface area contributed by atoms with Crippen LogP contribution in [-0.4, -0.2) is 64.5 Å². The summed E-state index contributed by atoms with van der Waals surface area (Å²) in [6, 6.07) is 5.31. The van der Waals surface area contributed by atoms with Crippen LogP contribution in [0.2, 0.25) is 0 Å². The average molecular weight is 450 g/mol. The van der Waals surface area contributed by atoms with Crippen LogP contribution in [0.1, 0.15) is 32.3 Å². The molecule has 0 aliphatic heterocycles. The van der Waals surface area contributed by atoms with Crippen molar-refractivity contribution < 1.29 is 34.2 Å². The topological polar surface area (TPSA) is 188 Å². The SMILES string of the molecule is CCC(C)C(NC(=O)CNC(=O)C(CC(=O)O)NC(=O)C(N)Cc1ccccc1)C(=O)O. The Balaban J connectivity index is 2.69. The number of hydrogen-bond donors (Lipinski definition) is 6. The van der Waals surface area contributed by atoms with Gasteiger partial charge < -0.3 is 31.9 Å².